The lowest BCUT2D eigenvalue weighted by molar-refractivity contribution is 0.615. The summed E-state index contributed by atoms with van der Waals surface area (Å²) in [6.07, 6.45) is 0.747. The zero-order valence-electron chi connectivity index (χ0n) is 11.1. The van der Waals surface area contributed by atoms with Gasteiger partial charge >= 0.3 is 0 Å². The van der Waals surface area contributed by atoms with Crippen molar-refractivity contribution >= 4 is 5.69 Å². The molecule has 19 heavy (non-hydrogen) atoms. The highest BCUT2D eigenvalue weighted by atomic mass is 19.1. The van der Waals surface area contributed by atoms with Crippen LogP contribution in [0, 0.1) is 18.6 Å². The maximum Gasteiger partial charge on any atom is 0.146 e. The highest BCUT2D eigenvalue weighted by Gasteiger charge is 2.12. The van der Waals surface area contributed by atoms with Crippen LogP contribution in [0.1, 0.15) is 30.5 Å². The molecule has 0 saturated heterocycles. The molecule has 0 aliphatic heterocycles. The first kappa shape index (κ1) is 13.5. The van der Waals surface area contributed by atoms with Gasteiger partial charge in [0.05, 0.1) is 11.7 Å². The van der Waals surface area contributed by atoms with Gasteiger partial charge in [-0.2, -0.15) is 0 Å². The highest BCUT2D eigenvalue weighted by molar-refractivity contribution is 5.49. The Kier molecular flexibility index (Phi) is 4.15. The van der Waals surface area contributed by atoms with Crippen LogP contribution in [0.5, 0.6) is 0 Å². The Morgan fingerprint density at radius 2 is 1.89 bits per heavy atom. The summed E-state index contributed by atoms with van der Waals surface area (Å²) in [5, 5.41) is 3.14. The summed E-state index contributed by atoms with van der Waals surface area (Å²) >= 11 is 0. The number of hydrogen-bond acceptors (Lipinski definition) is 1. The second kappa shape index (κ2) is 5.83. The average molecular weight is 261 g/mol. The van der Waals surface area contributed by atoms with Gasteiger partial charge in [-0.05, 0) is 48.7 Å². The van der Waals surface area contributed by atoms with Crippen LogP contribution in [0.25, 0.3) is 0 Å². The summed E-state index contributed by atoms with van der Waals surface area (Å²) in [6.45, 7) is 3.89. The molecule has 2 aromatic rings. The van der Waals surface area contributed by atoms with Gasteiger partial charge in [0, 0.05) is 0 Å². The van der Waals surface area contributed by atoms with Crippen molar-refractivity contribution in [3.8, 4) is 0 Å². The van der Waals surface area contributed by atoms with Crippen molar-refractivity contribution < 1.29 is 8.78 Å². The number of aryl methyl sites for hydroxylation is 1. The summed E-state index contributed by atoms with van der Waals surface area (Å²) in [5.41, 5.74) is 2.26. The van der Waals surface area contributed by atoms with Crippen LogP contribution in [-0.2, 0) is 0 Å². The largest absolute Gasteiger partial charge is 0.376 e. The van der Waals surface area contributed by atoms with Crippen LogP contribution in [0.3, 0.4) is 0 Å². The summed E-state index contributed by atoms with van der Waals surface area (Å²) in [7, 11) is 0. The van der Waals surface area contributed by atoms with Crippen molar-refractivity contribution in [1.82, 2.24) is 0 Å². The van der Waals surface area contributed by atoms with Gasteiger partial charge in [0.15, 0.2) is 0 Å². The molecule has 100 valence electrons. The van der Waals surface area contributed by atoms with Crippen LogP contribution < -0.4 is 5.32 Å². The van der Waals surface area contributed by atoms with Gasteiger partial charge in [0.2, 0.25) is 0 Å². The first-order valence-corrected chi connectivity index (χ1v) is 6.38. The molecule has 2 rings (SSSR count). The van der Waals surface area contributed by atoms with Crippen molar-refractivity contribution in [2.45, 2.75) is 26.3 Å². The minimum Gasteiger partial charge on any atom is -0.376 e. The maximum absolute atomic E-state index is 13.7. The quantitative estimate of drug-likeness (QED) is 0.830. The summed E-state index contributed by atoms with van der Waals surface area (Å²) in [4.78, 5) is 0. The number of benzene rings is 2. The first-order valence-electron chi connectivity index (χ1n) is 6.38. The molecule has 0 bridgehead atoms. The predicted octanol–water partition coefficient (Wildman–Crippen LogP) is 4.84. The van der Waals surface area contributed by atoms with E-state index in [1.807, 2.05) is 19.9 Å². The minimum absolute atomic E-state index is 0.105. The molecule has 0 spiro atoms. The predicted molar refractivity (Wildman–Crippen MR) is 74.2 cm³/mol. The molecule has 1 atom stereocenters. The van der Waals surface area contributed by atoms with E-state index in [2.05, 4.69) is 5.32 Å². The summed E-state index contributed by atoms with van der Waals surface area (Å²) in [5.74, 6) is -0.567. The van der Waals surface area contributed by atoms with Crippen molar-refractivity contribution in [2.24, 2.45) is 0 Å². The molecule has 0 aromatic heterocycles. The highest BCUT2D eigenvalue weighted by Crippen LogP contribution is 2.25. The van der Waals surface area contributed by atoms with Gasteiger partial charge in [0.25, 0.3) is 0 Å². The van der Waals surface area contributed by atoms with E-state index in [9.17, 15) is 8.78 Å². The van der Waals surface area contributed by atoms with E-state index in [0.29, 0.717) is 5.69 Å². The molecule has 0 radical (unpaired) electrons. The van der Waals surface area contributed by atoms with Crippen molar-refractivity contribution in [3.63, 3.8) is 0 Å². The third-order valence-electron chi connectivity index (χ3n) is 3.11. The van der Waals surface area contributed by atoms with Gasteiger partial charge in [-0.1, -0.05) is 25.1 Å². The first-order chi connectivity index (χ1) is 9.10. The fourth-order valence-corrected chi connectivity index (χ4v) is 2.08. The van der Waals surface area contributed by atoms with Crippen LogP contribution in [0.4, 0.5) is 14.5 Å². The Bertz CT molecular complexity index is 566. The molecule has 1 N–H and O–H groups in total. The van der Waals surface area contributed by atoms with Crippen LogP contribution >= 0.6 is 0 Å². The Labute approximate surface area is 112 Å². The third-order valence-corrected chi connectivity index (χ3v) is 3.11. The van der Waals surface area contributed by atoms with Gasteiger partial charge in [-0.3, -0.25) is 0 Å². The third kappa shape index (κ3) is 3.31. The fourth-order valence-electron chi connectivity index (χ4n) is 2.08. The molecule has 1 nitrogen and oxygen atoms in total. The Morgan fingerprint density at radius 3 is 2.58 bits per heavy atom. The second-order valence-electron chi connectivity index (χ2n) is 4.64. The summed E-state index contributed by atoms with van der Waals surface area (Å²) in [6, 6.07) is 11.2. The van der Waals surface area contributed by atoms with E-state index in [1.165, 1.54) is 18.2 Å². The van der Waals surface area contributed by atoms with Crippen molar-refractivity contribution in [1.29, 1.82) is 0 Å². The molecular weight excluding hydrogens is 244 g/mol. The van der Waals surface area contributed by atoms with Gasteiger partial charge in [-0.15, -0.1) is 0 Å². The average Bonchev–Trinajstić information content (AvgIpc) is 2.39. The smallest absolute Gasteiger partial charge is 0.146 e. The normalized spacial score (nSPS) is 12.2. The van der Waals surface area contributed by atoms with Gasteiger partial charge in [0.1, 0.15) is 11.6 Å². The molecular formula is C16H17F2N. The Morgan fingerprint density at radius 1 is 1.11 bits per heavy atom. The molecule has 0 aliphatic rings. The zero-order valence-corrected chi connectivity index (χ0v) is 11.1. The number of nitrogens with one attached hydrogen (secondary N) is 1. The lowest BCUT2D eigenvalue weighted by Crippen LogP contribution is -2.11. The van der Waals surface area contributed by atoms with Crippen LogP contribution in [-0.4, -0.2) is 0 Å². The minimum atomic E-state index is -0.291. The Hall–Kier alpha value is -1.90. The van der Waals surface area contributed by atoms with E-state index in [4.69, 9.17) is 0 Å². The van der Waals surface area contributed by atoms with Gasteiger partial charge in [-0.25, -0.2) is 8.78 Å². The molecule has 2 aromatic carbocycles. The van der Waals surface area contributed by atoms with E-state index >= 15 is 0 Å². The lowest BCUT2D eigenvalue weighted by Gasteiger charge is -2.19. The molecule has 3 heteroatoms. The SMILES string of the molecule is CCC(Nc1cc(C)ccc1F)c1cccc(F)c1. The number of rotatable bonds is 4. The topological polar surface area (TPSA) is 12.0 Å². The number of hydrogen-bond donors (Lipinski definition) is 1. The standard InChI is InChI=1S/C16H17F2N/c1-3-15(12-5-4-6-13(17)10-12)19-16-9-11(2)7-8-14(16)18/h4-10,15,19H,3H2,1-2H3. The molecule has 1 unspecified atom stereocenters. The molecule has 0 aliphatic carbocycles. The maximum atomic E-state index is 13.7. The van der Waals surface area contributed by atoms with Crippen molar-refractivity contribution in [3.05, 3.63) is 65.2 Å². The summed E-state index contributed by atoms with van der Waals surface area (Å²) < 4.78 is 27.0. The van der Waals surface area contributed by atoms with E-state index in [1.54, 1.807) is 18.2 Å². The molecule has 0 saturated carbocycles. The van der Waals surface area contributed by atoms with E-state index in [0.717, 1.165) is 17.5 Å². The molecule has 0 heterocycles. The lowest BCUT2D eigenvalue weighted by atomic mass is 10.0. The molecule has 0 fully saturated rings. The fraction of sp³-hybridized carbons (Fsp3) is 0.250. The second-order valence-corrected chi connectivity index (χ2v) is 4.64. The van der Waals surface area contributed by atoms with E-state index < -0.39 is 0 Å². The molecule has 0 amide bonds. The monoisotopic (exact) mass is 261 g/mol. The van der Waals surface area contributed by atoms with Crippen LogP contribution in [0.2, 0.25) is 0 Å². The Balaban J connectivity index is 2.26. The zero-order chi connectivity index (χ0) is 13.8. The number of halogens is 2. The van der Waals surface area contributed by atoms with Crippen LogP contribution in [0.15, 0.2) is 42.5 Å². The van der Waals surface area contributed by atoms with Crippen molar-refractivity contribution in [2.75, 3.05) is 5.32 Å². The van der Waals surface area contributed by atoms with Gasteiger partial charge < -0.3 is 5.32 Å². The number of anilines is 1. The van der Waals surface area contributed by atoms with E-state index in [-0.39, 0.29) is 17.7 Å².